The van der Waals surface area contributed by atoms with Gasteiger partial charge in [0.15, 0.2) is 0 Å². The van der Waals surface area contributed by atoms with Crippen molar-refractivity contribution in [2.24, 2.45) is 5.92 Å². The molecule has 0 saturated heterocycles. The summed E-state index contributed by atoms with van der Waals surface area (Å²) in [6.07, 6.45) is 3.65. The number of hydrogen-bond acceptors (Lipinski definition) is 4. The molecule has 1 saturated carbocycles. The third kappa shape index (κ3) is 4.45. The lowest BCUT2D eigenvalue weighted by atomic mass is 10.2. The molecule has 1 aromatic heterocycles. The van der Waals surface area contributed by atoms with Crippen molar-refractivity contribution in [2.45, 2.75) is 12.8 Å². The molecule has 3 rings (SSSR count). The van der Waals surface area contributed by atoms with E-state index in [2.05, 4.69) is 15.7 Å². The standard InChI is InChI=1S/C16H15Cl3N4O2/c17-11-5-10(23-16(25)15(19)12(18)7-22-23)3-4-13(11)20-8-14(24)21-6-9-1-2-9/h3-5,7,9,20H,1-2,6,8H2,(H,21,24). The monoisotopic (exact) mass is 400 g/mol. The van der Waals surface area contributed by atoms with Crippen LogP contribution in [-0.4, -0.2) is 28.8 Å². The molecule has 9 heteroatoms. The summed E-state index contributed by atoms with van der Waals surface area (Å²) in [4.78, 5) is 23.9. The summed E-state index contributed by atoms with van der Waals surface area (Å²) in [5, 5.41) is 10.1. The molecule has 132 valence electrons. The van der Waals surface area contributed by atoms with Gasteiger partial charge >= 0.3 is 0 Å². The van der Waals surface area contributed by atoms with Crippen molar-refractivity contribution in [3.05, 3.63) is 49.8 Å². The molecule has 1 aliphatic rings. The van der Waals surface area contributed by atoms with Crippen LogP contribution in [0, 0.1) is 5.92 Å². The molecule has 0 bridgehead atoms. The molecule has 0 spiro atoms. The van der Waals surface area contributed by atoms with Gasteiger partial charge in [-0.2, -0.15) is 9.78 Å². The van der Waals surface area contributed by atoms with Crippen LogP contribution in [0.25, 0.3) is 5.69 Å². The molecule has 1 heterocycles. The number of nitrogens with zero attached hydrogens (tertiary/aromatic N) is 2. The highest BCUT2D eigenvalue weighted by atomic mass is 35.5. The highest BCUT2D eigenvalue weighted by Gasteiger charge is 2.21. The van der Waals surface area contributed by atoms with Crippen LogP contribution in [0.3, 0.4) is 0 Å². The lowest BCUT2D eigenvalue weighted by Gasteiger charge is -2.11. The van der Waals surface area contributed by atoms with Crippen LogP contribution in [0.15, 0.2) is 29.2 Å². The van der Waals surface area contributed by atoms with Gasteiger partial charge in [-0.1, -0.05) is 34.8 Å². The fourth-order valence-electron chi connectivity index (χ4n) is 2.19. The second-order valence-corrected chi connectivity index (χ2v) is 6.98. The summed E-state index contributed by atoms with van der Waals surface area (Å²) < 4.78 is 1.10. The highest BCUT2D eigenvalue weighted by molar-refractivity contribution is 6.41. The Morgan fingerprint density at radius 3 is 2.68 bits per heavy atom. The fraction of sp³-hybridized carbons (Fsp3) is 0.312. The Labute approximate surface area is 159 Å². The van der Waals surface area contributed by atoms with Gasteiger partial charge < -0.3 is 10.6 Å². The van der Waals surface area contributed by atoms with Gasteiger partial charge in [0.1, 0.15) is 5.02 Å². The number of hydrogen-bond donors (Lipinski definition) is 2. The summed E-state index contributed by atoms with van der Waals surface area (Å²) in [6, 6.07) is 4.88. The molecule has 1 aliphatic carbocycles. The van der Waals surface area contributed by atoms with Gasteiger partial charge in [-0.15, -0.1) is 0 Å². The van der Waals surface area contributed by atoms with Crippen molar-refractivity contribution in [3.8, 4) is 5.69 Å². The quantitative estimate of drug-likeness (QED) is 0.780. The van der Waals surface area contributed by atoms with Crippen LogP contribution < -0.4 is 16.2 Å². The van der Waals surface area contributed by atoms with Crippen molar-refractivity contribution < 1.29 is 4.79 Å². The average molecular weight is 402 g/mol. The number of benzene rings is 1. The van der Waals surface area contributed by atoms with Crippen molar-refractivity contribution in [3.63, 3.8) is 0 Å². The zero-order chi connectivity index (χ0) is 18.0. The first kappa shape index (κ1) is 18.0. The predicted molar refractivity (Wildman–Crippen MR) is 99.1 cm³/mol. The van der Waals surface area contributed by atoms with Gasteiger partial charge in [0.25, 0.3) is 5.56 Å². The number of amides is 1. The Kier molecular flexibility index (Phi) is 5.51. The van der Waals surface area contributed by atoms with E-state index in [9.17, 15) is 9.59 Å². The maximum absolute atomic E-state index is 12.1. The van der Waals surface area contributed by atoms with E-state index in [-0.39, 0.29) is 22.5 Å². The second-order valence-electron chi connectivity index (χ2n) is 5.79. The summed E-state index contributed by atoms with van der Waals surface area (Å²) >= 11 is 17.8. The summed E-state index contributed by atoms with van der Waals surface area (Å²) in [5.74, 6) is 0.540. The Morgan fingerprint density at radius 1 is 1.24 bits per heavy atom. The zero-order valence-electron chi connectivity index (χ0n) is 13.1. The molecule has 2 aromatic rings. The summed E-state index contributed by atoms with van der Waals surface area (Å²) in [5.41, 5.74) is 0.489. The van der Waals surface area contributed by atoms with Gasteiger partial charge in [0.2, 0.25) is 5.91 Å². The molecular weight excluding hydrogens is 387 g/mol. The maximum Gasteiger partial charge on any atom is 0.291 e. The van der Waals surface area contributed by atoms with Crippen LogP contribution in [0.5, 0.6) is 0 Å². The normalized spacial score (nSPS) is 13.6. The molecule has 2 N–H and O–H groups in total. The Bertz CT molecular complexity index is 865. The smallest absolute Gasteiger partial charge is 0.291 e. The number of anilines is 1. The van der Waals surface area contributed by atoms with Crippen LogP contribution in [0.1, 0.15) is 12.8 Å². The summed E-state index contributed by atoms with van der Waals surface area (Å²) in [6.45, 7) is 0.843. The van der Waals surface area contributed by atoms with Gasteiger partial charge in [0, 0.05) is 6.54 Å². The minimum Gasteiger partial charge on any atom is -0.375 e. The molecule has 1 amide bonds. The van der Waals surface area contributed by atoms with E-state index in [0.717, 1.165) is 11.2 Å². The lowest BCUT2D eigenvalue weighted by molar-refractivity contribution is -0.119. The van der Waals surface area contributed by atoms with Gasteiger partial charge in [-0.05, 0) is 37.0 Å². The molecule has 0 unspecified atom stereocenters. The van der Waals surface area contributed by atoms with Crippen LogP contribution in [0.2, 0.25) is 15.1 Å². The van der Waals surface area contributed by atoms with E-state index in [1.54, 1.807) is 18.2 Å². The van der Waals surface area contributed by atoms with Gasteiger partial charge in [0.05, 0.1) is 34.2 Å². The number of carbonyl (C=O) groups excluding carboxylic acids is 1. The van der Waals surface area contributed by atoms with E-state index in [0.29, 0.717) is 22.3 Å². The highest BCUT2D eigenvalue weighted by Crippen LogP contribution is 2.27. The number of carbonyl (C=O) groups is 1. The molecule has 0 radical (unpaired) electrons. The number of rotatable bonds is 6. The first-order chi connectivity index (χ1) is 12.0. The first-order valence-electron chi connectivity index (χ1n) is 7.69. The minimum atomic E-state index is -0.537. The maximum atomic E-state index is 12.1. The van der Waals surface area contributed by atoms with E-state index in [1.165, 1.54) is 19.0 Å². The SMILES string of the molecule is O=C(CNc1ccc(-n2ncc(Cl)c(Cl)c2=O)cc1Cl)NCC1CC1. The molecule has 6 nitrogen and oxygen atoms in total. The van der Waals surface area contributed by atoms with E-state index < -0.39 is 5.56 Å². The van der Waals surface area contributed by atoms with E-state index in [4.69, 9.17) is 34.8 Å². The molecule has 1 aromatic carbocycles. The van der Waals surface area contributed by atoms with Crippen molar-refractivity contribution >= 4 is 46.4 Å². The number of halogens is 3. The third-order valence-corrected chi connectivity index (χ3v) is 4.86. The molecule has 0 aliphatic heterocycles. The topological polar surface area (TPSA) is 76.0 Å². The number of aromatic nitrogens is 2. The average Bonchev–Trinajstić information content (AvgIpc) is 3.41. The summed E-state index contributed by atoms with van der Waals surface area (Å²) in [7, 11) is 0. The largest absolute Gasteiger partial charge is 0.375 e. The van der Waals surface area contributed by atoms with Crippen LogP contribution in [0.4, 0.5) is 5.69 Å². The van der Waals surface area contributed by atoms with E-state index >= 15 is 0 Å². The molecule has 1 fully saturated rings. The van der Waals surface area contributed by atoms with E-state index in [1.807, 2.05) is 0 Å². The molecular formula is C16H15Cl3N4O2. The van der Waals surface area contributed by atoms with Crippen LogP contribution >= 0.6 is 34.8 Å². The zero-order valence-corrected chi connectivity index (χ0v) is 15.3. The van der Waals surface area contributed by atoms with Crippen molar-refractivity contribution in [1.29, 1.82) is 0 Å². The van der Waals surface area contributed by atoms with Crippen molar-refractivity contribution in [2.75, 3.05) is 18.4 Å². The Balaban J connectivity index is 1.69. The Hall–Kier alpha value is -1.76. The first-order valence-corrected chi connectivity index (χ1v) is 8.83. The lowest BCUT2D eigenvalue weighted by Crippen LogP contribution is -2.31. The number of nitrogens with one attached hydrogen (secondary N) is 2. The third-order valence-electron chi connectivity index (χ3n) is 3.80. The van der Waals surface area contributed by atoms with Gasteiger partial charge in [-0.3, -0.25) is 9.59 Å². The van der Waals surface area contributed by atoms with Gasteiger partial charge in [-0.25, -0.2) is 0 Å². The predicted octanol–water partition coefficient (Wildman–Crippen LogP) is 3.13. The molecule has 25 heavy (non-hydrogen) atoms. The van der Waals surface area contributed by atoms with Crippen molar-refractivity contribution in [1.82, 2.24) is 15.1 Å². The van der Waals surface area contributed by atoms with Crippen LogP contribution in [-0.2, 0) is 4.79 Å². The fourth-order valence-corrected chi connectivity index (χ4v) is 2.69. The Morgan fingerprint density at radius 2 is 2.00 bits per heavy atom. The second kappa shape index (κ2) is 7.64. The molecule has 0 atom stereocenters. The minimum absolute atomic E-state index is 0.0875.